The molecule has 1 aliphatic carbocycles. The second-order valence-corrected chi connectivity index (χ2v) is 6.06. The second-order valence-electron chi connectivity index (χ2n) is 6.06. The van der Waals surface area contributed by atoms with Gasteiger partial charge in [0.05, 0.1) is 11.9 Å². The molecule has 120 valence electrons. The Hall–Kier alpha value is -2.63. The molecule has 23 heavy (non-hydrogen) atoms. The molecule has 1 N–H and O–H groups in total. The molecule has 2 amide bonds. The van der Waals surface area contributed by atoms with Crippen molar-refractivity contribution >= 4 is 17.5 Å². The van der Waals surface area contributed by atoms with Gasteiger partial charge in [-0.05, 0) is 17.9 Å². The van der Waals surface area contributed by atoms with Gasteiger partial charge in [-0.1, -0.05) is 30.3 Å². The zero-order valence-corrected chi connectivity index (χ0v) is 13.3. The first-order valence-corrected chi connectivity index (χ1v) is 7.63. The van der Waals surface area contributed by atoms with E-state index in [0.29, 0.717) is 11.6 Å². The normalized spacial score (nSPS) is 19.2. The molecule has 1 heterocycles. The van der Waals surface area contributed by atoms with Crippen LogP contribution in [0.1, 0.15) is 17.9 Å². The number of rotatable bonds is 5. The van der Waals surface area contributed by atoms with Gasteiger partial charge in [0.2, 0.25) is 11.8 Å². The number of hydrogen-bond donors (Lipinski definition) is 1. The quantitative estimate of drug-likeness (QED) is 0.914. The third-order valence-corrected chi connectivity index (χ3v) is 4.05. The number of likely N-dealkylation sites (N-methyl/N-ethyl adjacent to an activating group) is 1. The van der Waals surface area contributed by atoms with Gasteiger partial charge >= 0.3 is 0 Å². The first kappa shape index (κ1) is 15.3. The van der Waals surface area contributed by atoms with E-state index in [1.165, 1.54) is 15.1 Å². The lowest BCUT2D eigenvalue weighted by Gasteiger charge is -2.09. The molecular weight excluding hydrogens is 292 g/mol. The maximum atomic E-state index is 12.3. The molecule has 1 fully saturated rings. The number of carbonyl (C=O) groups is 2. The number of amides is 2. The molecule has 6 nitrogen and oxygen atoms in total. The molecule has 0 saturated heterocycles. The summed E-state index contributed by atoms with van der Waals surface area (Å²) in [5, 5.41) is 6.98. The van der Waals surface area contributed by atoms with Gasteiger partial charge < -0.3 is 10.2 Å². The van der Waals surface area contributed by atoms with E-state index in [1.54, 1.807) is 26.5 Å². The summed E-state index contributed by atoms with van der Waals surface area (Å²) in [4.78, 5) is 25.4. The van der Waals surface area contributed by atoms with Crippen LogP contribution in [0.15, 0.2) is 42.7 Å². The summed E-state index contributed by atoms with van der Waals surface area (Å²) < 4.78 is 1.53. The third kappa shape index (κ3) is 3.59. The van der Waals surface area contributed by atoms with Crippen molar-refractivity contribution in [3.05, 3.63) is 48.3 Å². The van der Waals surface area contributed by atoms with E-state index in [1.807, 2.05) is 18.2 Å². The Morgan fingerprint density at radius 3 is 2.74 bits per heavy atom. The monoisotopic (exact) mass is 312 g/mol. The molecule has 2 aromatic rings. The molecule has 1 aromatic carbocycles. The van der Waals surface area contributed by atoms with Crippen LogP contribution in [-0.4, -0.2) is 40.6 Å². The summed E-state index contributed by atoms with van der Waals surface area (Å²) in [6, 6.07) is 10.1. The van der Waals surface area contributed by atoms with Crippen LogP contribution in [-0.2, 0) is 16.1 Å². The van der Waals surface area contributed by atoms with E-state index < -0.39 is 0 Å². The predicted octanol–water partition coefficient (Wildman–Crippen LogP) is 1.71. The van der Waals surface area contributed by atoms with Crippen molar-refractivity contribution in [3.8, 4) is 0 Å². The molecule has 3 rings (SSSR count). The summed E-state index contributed by atoms with van der Waals surface area (Å²) >= 11 is 0. The van der Waals surface area contributed by atoms with Gasteiger partial charge in [-0.2, -0.15) is 5.10 Å². The molecule has 0 spiro atoms. The van der Waals surface area contributed by atoms with Crippen LogP contribution in [0.25, 0.3) is 0 Å². The molecule has 1 saturated carbocycles. The highest BCUT2D eigenvalue weighted by molar-refractivity contribution is 5.95. The molecule has 1 aliphatic rings. The number of anilines is 1. The van der Waals surface area contributed by atoms with Crippen molar-refractivity contribution in [1.82, 2.24) is 14.7 Å². The number of nitrogens with zero attached hydrogens (tertiary/aromatic N) is 3. The molecule has 0 unspecified atom stereocenters. The lowest BCUT2D eigenvalue weighted by atomic mass is 10.1. The number of nitrogens with one attached hydrogen (secondary N) is 1. The lowest BCUT2D eigenvalue weighted by molar-refractivity contribution is -0.129. The fourth-order valence-corrected chi connectivity index (χ4v) is 2.58. The van der Waals surface area contributed by atoms with Gasteiger partial charge in [0.25, 0.3) is 0 Å². The number of carbonyl (C=O) groups excluding carboxylic acids is 2. The van der Waals surface area contributed by atoms with Gasteiger partial charge in [0.1, 0.15) is 6.54 Å². The van der Waals surface area contributed by atoms with Crippen LogP contribution in [0.4, 0.5) is 5.69 Å². The molecule has 0 aliphatic heterocycles. The fourth-order valence-electron chi connectivity index (χ4n) is 2.58. The summed E-state index contributed by atoms with van der Waals surface area (Å²) in [6.07, 6.45) is 4.13. The third-order valence-electron chi connectivity index (χ3n) is 4.05. The smallest absolute Gasteiger partial charge is 0.243 e. The maximum absolute atomic E-state index is 12.3. The van der Waals surface area contributed by atoms with E-state index in [0.717, 1.165) is 6.42 Å². The minimum Gasteiger partial charge on any atom is -0.347 e. The standard InChI is InChI=1S/C17H20N4O2/c1-20(2)16(22)11-21-10-13(9-18-21)19-17(23)15-8-14(15)12-6-4-3-5-7-12/h3-7,9-10,14-15H,8,11H2,1-2H3,(H,19,23)/t14-,15-/m1/s1. The fraction of sp³-hybridized carbons (Fsp3) is 0.353. The summed E-state index contributed by atoms with van der Waals surface area (Å²) in [6.45, 7) is 0.166. The van der Waals surface area contributed by atoms with Crippen LogP contribution in [0.3, 0.4) is 0 Å². The molecule has 1 aromatic heterocycles. The highest BCUT2D eigenvalue weighted by atomic mass is 16.2. The minimum atomic E-state index is -0.0442. The van der Waals surface area contributed by atoms with Crippen molar-refractivity contribution in [3.63, 3.8) is 0 Å². The Labute approximate surface area is 135 Å². The molecule has 6 heteroatoms. The zero-order chi connectivity index (χ0) is 16.4. The van der Waals surface area contributed by atoms with Gasteiger partial charge in [0.15, 0.2) is 0 Å². The Kier molecular flexibility index (Phi) is 4.14. The Morgan fingerprint density at radius 2 is 2.04 bits per heavy atom. The van der Waals surface area contributed by atoms with Crippen molar-refractivity contribution in [2.45, 2.75) is 18.9 Å². The van der Waals surface area contributed by atoms with Crippen LogP contribution >= 0.6 is 0 Å². The highest BCUT2D eigenvalue weighted by Gasteiger charge is 2.43. The van der Waals surface area contributed by atoms with Gasteiger partial charge in [-0.15, -0.1) is 0 Å². The van der Waals surface area contributed by atoms with Gasteiger partial charge in [-0.25, -0.2) is 0 Å². The van der Waals surface area contributed by atoms with Crippen molar-refractivity contribution in [2.75, 3.05) is 19.4 Å². The second kappa shape index (κ2) is 6.24. The number of benzene rings is 1. The van der Waals surface area contributed by atoms with Crippen molar-refractivity contribution < 1.29 is 9.59 Å². The van der Waals surface area contributed by atoms with Crippen molar-refractivity contribution in [1.29, 1.82) is 0 Å². The first-order valence-electron chi connectivity index (χ1n) is 7.63. The zero-order valence-electron chi connectivity index (χ0n) is 13.3. The Morgan fingerprint density at radius 1 is 1.30 bits per heavy atom. The first-order chi connectivity index (χ1) is 11.0. The van der Waals surface area contributed by atoms with Crippen LogP contribution in [0.2, 0.25) is 0 Å². The topological polar surface area (TPSA) is 67.2 Å². The maximum Gasteiger partial charge on any atom is 0.243 e. The van der Waals surface area contributed by atoms with Crippen molar-refractivity contribution in [2.24, 2.45) is 5.92 Å². The average molecular weight is 312 g/mol. The van der Waals surface area contributed by atoms with Crippen LogP contribution in [0, 0.1) is 5.92 Å². The highest BCUT2D eigenvalue weighted by Crippen LogP contribution is 2.47. The number of aromatic nitrogens is 2. The van der Waals surface area contributed by atoms with E-state index in [4.69, 9.17) is 0 Å². The Balaban J connectivity index is 1.55. The molecule has 2 atom stereocenters. The van der Waals surface area contributed by atoms with E-state index in [-0.39, 0.29) is 24.3 Å². The largest absolute Gasteiger partial charge is 0.347 e. The van der Waals surface area contributed by atoms with E-state index in [9.17, 15) is 9.59 Å². The SMILES string of the molecule is CN(C)C(=O)Cn1cc(NC(=O)[C@@H]2C[C@@H]2c2ccccc2)cn1. The molecule has 0 bridgehead atoms. The summed E-state index contributed by atoms with van der Waals surface area (Å²) in [7, 11) is 3.40. The van der Waals surface area contributed by atoms with Gasteiger partial charge in [-0.3, -0.25) is 14.3 Å². The van der Waals surface area contributed by atoms with Crippen LogP contribution in [0.5, 0.6) is 0 Å². The summed E-state index contributed by atoms with van der Waals surface area (Å²) in [5.74, 6) is 0.292. The predicted molar refractivity (Wildman–Crippen MR) is 86.8 cm³/mol. The van der Waals surface area contributed by atoms with Crippen LogP contribution < -0.4 is 5.32 Å². The van der Waals surface area contributed by atoms with Gasteiger partial charge in [0, 0.05) is 26.2 Å². The molecular formula is C17H20N4O2. The number of hydrogen-bond acceptors (Lipinski definition) is 3. The average Bonchev–Trinajstić information content (AvgIpc) is 3.23. The molecule has 0 radical (unpaired) electrons. The lowest BCUT2D eigenvalue weighted by Crippen LogP contribution is -2.26. The Bertz CT molecular complexity index is 708. The minimum absolute atomic E-state index is 0.0114. The summed E-state index contributed by atoms with van der Waals surface area (Å²) in [5.41, 5.74) is 1.83. The van der Waals surface area contributed by atoms with E-state index in [2.05, 4.69) is 22.5 Å². The van der Waals surface area contributed by atoms with E-state index >= 15 is 0 Å².